The maximum absolute atomic E-state index is 5.47. The van der Waals surface area contributed by atoms with E-state index in [4.69, 9.17) is 4.52 Å². The molecule has 1 aliphatic heterocycles. The van der Waals surface area contributed by atoms with Crippen molar-refractivity contribution >= 4 is 5.96 Å². The van der Waals surface area contributed by atoms with E-state index in [1.54, 1.807) is 0 Å². The molecule has 1 saturated heterocycles. The summed E-state index contributed by atoms with van der Waals surface area (Å²) in [6.45, 7) is 14.8. The molecule has 0 amide bonds. The minimum atomic E-state index is 0.480. The van der Waals surface area contributed by atoms with Crippen molar-refractivity contribution in [1.82, 2.24) is 25.6 Å². The molecule has 1 aromatic rings. The Bertz CT molecular complexity index is 561. The molecule has 2 heterocycles. The fourth-order valence-corrected chi connectivity index (χ4v) is 3.54. The van der Waals surface area contributed by atoms with Crippen LogP contribution in [0.1, 0.15) is 63.8 Å². The van der Waals surface area contributed by atoms with E-state index in [9.17, 15) is 0 Å². The third-order valence-corrected chi connectivity index (χ3v) is 5.51. The van der Waals surface area contributed by atoms with Crippen LogP contribution in [0.15, 0.2) is 15.6 Å². The SMILES string of the molecule is CCNC(=NCc1cc(C(CC)CC)no1)NCCCCN1CCN(C)CC1. The van der Waals surface area contributed by atoms with Crippen LogP contribution >= 0.6 is 0 Å². The van der Waals surface area contributed by atoms with Crippen molar-refractivity contribution in [3.8, 4) is 0 Å². The number of hydrogen-bond acceptors (Lipinski definition) is 5. The molecule has 0 unspecified atom stereocenters. The molecule has 0 radical (unpaired) electrons. The highest BCUT2D eigenvalue weighted by atomic mass is 16.5. The van der Waals surface area contributed by atoms with Gasteiger partial charge in [0, 0.05) is 51.3 Å². The first-order chi connectivity index (χ1) is 13.7. The van der Waals surface area contributed by atoms with Gasteiger partial charge in [0.1, 0.15) is 6.54 Å². The maximum atomic E-state index is 5.47. The van der Waals surface area contributed by atoms with E-state index in [2.05, 4.69) is 64.5 Å². The number of nitrogens with one attached hydrogen (secondary N) is 2. The molecule has 1 fully saturated rings. The monoisotopic (exact) mass is 392 g/mol. The second-order valence-corrected chi connectivity index (χ2v) is 7.71. The highest BCUT2D eigenvalue weighted by Crippen LogP contribution is 2.22. The van der Waals surface area contributed by atoms with Gasteiger partial charge in [0.15, 0.2) is 11.7 Å². The second kappa shape index (κ2) is 12.8. The van der Waals surface area contributed by atoms with Gasteiger partial charge in [-0.15, -0.1) is 0 Å². The molecule has 0 aromatic carbocycles. The number of hydrogen-bond donors (Lipinski definition) is 2. The van der Waals surface area contributed by atoms with Crippen LogP contribution < -0.4 is 10.6 Å². The summed E-state index contributed by atoms with van der Waals surface area (Å²) in [4.78, 5) is 9.62. The van der Waals surface area contributed by atoms with Crippen molar-refractivity contribution in [2.45, 2.75) is 58.9 Å². The Balaban J connectivity index is 1.70. The van der Waals surface area contributed by atoms with Crippen LogP contribution in [-0.4, -0.2) is 73.8 Å². The highest BCUT2D eigenvalue weighted by Gasteiger charge is 2.13. The first-order valence-corrected chi connectivity index (χ1v) is 11.0. The first-order valence-electron chi connectivity index (χ1n) is 11.0. The lowest BCUT2D eigenvalue weighted by atomic mass is 9.99. The Labute approximate surface area is 170 Å². The predicted octanol–water partition coefficient (Wildman–Crippen LogP) is 2.66. The summed E-state index contributed by atoms with van der Waals surface area (Å²) in [5, 5.41) is 11.0. The summed E-state index contributed by atoms with van der Waals surface area (Å²) in [7, 11) is 2.20. The van der Waals surface area contributed by atoms with Crippen molar-refractivity contribution < 1.29 is 4.52 Å². The Morgan fingerprint density at radius 3 is 2.57 bits per heavy atom. The molecular formula is C21H40N6O. The van der Waals surface area contributed by atoms with E-state index in [0.717, 1.165) is 49.8 Å². The molecular weight excluding hydrogens is 352 g/mol. The van der Waals surface area contributed by atoms with E-state index in [1.807, 2.05) is 0 Å². The average Bonchev–Trinajstić information content (AvgIpc) is 3.17. The van der Waals surface area contributed by atoms with E-state index < -0.39 is 0 Å². The Morgan fingerprint density at radius 1 is 1.14 bits per heavy atom. The van der Waals surface area contributed by atoms with E-state index >= 15 is 0 Å². The van der Waals surface area contributed by atoms with Crippen molar-refractivity contribution in [1.29, 1.82) is 0 Å². The predicted molar refractivity (Wildman–Crippen MR) is 116 cm³/mol. The largest absolute Gasteiger partial charge is 0.359 e. The van der Waals surface area contributed by atoms with Gasteiger partial charge in [-0.2, -0.15) is 0 Å². The van der Waals surface area contributed by atoms with Crippen LogP contribution in [-0.2, 0) is 6.54 Å². The number of aliphatic imine (C=N–C) groups is 1. The zero-order chi connectivity index (χ0) is 20.2. The van der Waals surface area contributed by atoms with Crippen LogP contribution in [0.4, 0.5) is 0 Å². The average molecular weight is 393 g/mol. The fourth-order valence-electron chi connectivity index (χ4n) is 3.54. The first kappa shape index (κ1) is 22.7. The van der Waals surface area contributed by atoms with Gasteiger partial charge >= 0.3 is 0 Å². The van der Waals surface area contributed by atoms with Gasteiger partial charge in [-0.1, -0.05) is 19.0 Å². The van der Waals surface area contributed by atoms with Crippen LogP contribution in [0.25, 0.3) is 0 Å². The highest BCUT2D eigenvalue weighted by molar-refractivity contribution is 5.79. The third kappa shape index (κ3) is 7.80. The molecule has 0 spiro atoms. The number of aromatic nitrogens is 1. The molecule has 7 nitrogen and oxygen atoms in total. The lowest BCUT2D eigenvalue weighted by molar-refractivity contribution is 0.152. The van der Waals surface area contributed by atoms with Crippen molar-refractivity contribution in [2.24, 2.45) is 4.99 Å². The second-order valence-electron chi connectivity index (χ2n) is 7.71. The summed E-state index contributed by atoms with van der Waals surface area (Å²) in [6.07, 6.45) is 4.54. The maximum Gasteiger partial charge on any atom is 0.191 e. The summed E-state index contributed by atoms with van der Waals surface area (Å²) in [5.41, 5.74) is 1.05. The number of guanidine groups is 1. The molecule has 160 valence electrons. The van der Waals surface area contributed by atoms with E-state index in [0.29, 0.717) is 12.5 Å². The summed E-state index contributed by atoms with van der Waals surface area (Å²) >= 11 is 0. The number of likely N-dealkylation sites (N-methyl/N-ethyl adjacent to an activating group) is 1. The van der Waals surface area contributed by atoms with Gasteiger partial charge in [-0.25, -0.2) is 4.99 Å². The molecule has 1 aromatic heterocycles. The molecule has 7 heteroatoms. The standard InChI is InChI=1S/C21H40N6O/c1-5-18(6-2)20-16-19(28-25-20)17-24-21(22-7-3)23-10-8-9-11-27-14-12-26(4)13-15-27/h16,18H,5-15,17H2,1-4H3,(H2,22,23,24). The smallest absolute Gasteiger partial charge is 0.191 e. The van der Waals surface area contributed by atoms with Crippen LogP contribution in [0.5, 0.6) is 0 Å². The molecule has 2 N–H and O–H groups in total. The van der Waals surface area contributed by atoms with Crippen molar-refractivity contribution in [3.05, 3.63) is 17.5 Å². The zero-order valence-corrected chi connectivity index (χ0v) is 18.3. The number of piperazine rings is 1. The molecule has 28 heavy (non-hydrogen) atoms. The lowest BCUT2D eigenvalue weighted by Gasteiger charge is -2.32. The Morgan fingerprint density at radius 2 is 1.89 bits per heavy atom. The van der Waals surface area contributed by atoms with E-state index in [-0.39, 0.29) is 0 Å². The zero-order valence-electron chi connectivity index (χ0n) is 18.3. The Kier molecular flexibility index (Phi) is 10.4. The summed E-state index contributed by atoms with van der Waals surface area (Å²) in [5.74, 6) is 2.16. The van der Waals surface area contributed by atoms with Crippen LogP contribution in [0.3, 0.4) is 0 Å². The number of rotatable bonds is 11. The fraction of sp³-hybridized carbons (Fsp3) is 0.810. The molecule has 1 aliphatic rings. The summed E-state index contributed by atoms with van der Waals surface area (Å²) in [6, 6.07) is 2.06. The minimum absolute atomic E-state index is 0.480. The number of nitrogens with zero attached hydrogens (tertiary/aromatic N) is 4. The van der Waals surface area contributed by atoms with Gasteiger partial charge in [0.2, 0.25) is 0 Å². The molecule has 0 bridgehead atoms. The van der Waals surface area contributed by atoms with Crippen LogP contribution in [0.2, 0.25) is 0 Å². The minimum Gasteiger partial charge on any atom is -0.359 e. The number of unbranched alkanes of at least 4 members (excludes halogenated alkanes) is 1. The topological polar surface area (TPSA) is 68.9 Å². The normalized spacial score (nSPS) is 16.7. The van der Waals surface area contributed by atoms with Gasteiger partial charge in [0.05, 0.1) is 5.69 Å². The van der Waals surface area contributed by atoms with Gasteiger partial charge in [-0.05, 0) is 46.2 Å². The molecule has 0 atom stereocenters. The Hall–Kier alpha value is -1.60. The molecule has 2 rings (SSSR count). The summed E-state index contributed by atoms with van der Waals surface area (Å²) < 4.78 is 5.47. The van der Waals surface area contributed by atoms with Gasteiger partial charge < -0.3 is 25.0 Å². The van der Waals surface area contributed by atoms with Crippen molar-refractivity contribution in [2.75, 3.05) is 52.9 Å². The third-order valence-electron chi connectivity index (χ3n) is 5.51. The van der Waals surface area contributed by atoms with Gasteiger partial charge in [-0.3, -0.25) is 0 Å². The van der Waals surface area contributed by atoms with Crippen LogP contribution in [0, 0.1) is 0 Å². The quantitative estimate of drug-likeness (QED) is 0.343. The molecule has 0 aliphatic carbocycles. The van der Waals surface area contributed by atoms with Gasteiger partial charge in [0.25, 0.3) is 0 Å². The van der Waals surface area contributed by atoms with E-state index in [1.165, 1.54) is 39.1 Å². The molecule has 0 saturated carbocycles. The van der Waals surface area contributed by atoms with Crippen molar-refractivity contribution in [3.63, 3.8) is 0 Å². The lowest BCUT2D eigenvalue weighted by Crippen LogP contribution is -2.44.